The summed E-state index contributed by atoms with van der Waals surface area (Å²) < 4.78 is 2.07. The molecule has 0 spiro atoms. The van der Waals surface area contributed by atoms with E-state index in [9.17, 15) is 9.90 Å². The van der Waals surface area contributed by atoms with Gasteiger partial charge in [-0.05, 0) is 45.7 Å². The van der Waals surface area contributed by atoms with Crippen LogP contribution in [0.4, 0.5) is 0 Å². The second-order valence-corrected chi connectivity index (χ2v) is 7.22. The van der Waals surface area contributed by atoms with Crippen molar-refractivity contribution in [2.45, 2.75) is 65.5 Å². The molecule has 1 aromatic carbocycles. The Morgan fingerprint density at radius 1 is 1.08 bits per heavy atom. The minimum Gasteiger partial charge on any atom is -0.478 e. The molecular formula is C21H28N2O2. The van der Waals surface area contributed by atoms with Gasteiger partial charge in [-0.3, -0.25) is 0 Å². The number of nitrogens with one attached hydrogen (secondary N) is 1. The smallest absolute Gasteiger partial charge is 0.337 e. The summed E-state index contributed by atoms with van der Waals surface area (Å²) in [4.78, 5) is 11.9. The Kier molecular flexibility index (Phi) is 5.28. The van der Waals surface area contributed by atoms with Crippen molar-refractivity contribution in [3.05, 3.63) is 52.3 Å². The maximum Gasteiger partial charge on any atom is 0.337 e. The van der Waals surface area contributed by atoms with E-state index in [4.69, 9.17) is 0 Å². The van der Waals surface area contributed by atoms with Gasteiger partial charge in [0.15, 0.2) is 0 Å². The highest BCUT2D eigenvalue weighted by Gasteiger charge is 2.24. The molecule has 0 saturated heterocycles. The third-order valence-electron chi connectivity index (χ3n) is 5.45. The van der Waals surface area contributed by atoms with Crippen LogP contribution in [0.2, 0.25) is 0 Å². The Morgan fingerprint density at radius 2 is 1.72 bits per heavy atom. The van der Waals surface area contributed by atoms with Crippen LogP contribution in [0.3, 0.4) is 0 Å². The van der Waals surface area contributed by atoms with E-state index in [0.717, 1.165) is 22.6 Å². The maximum absolute atomic E-state index is 11.9. The van der Waals surface area contributed by atoms with Gasteiger partial charge in [0.1, 0.15) is 0 Å². The minimum absolute atomic E-state index is 0.446. The average molecular weight is 340 g/mol. The van der Waals surface area contributed by atoms with Crippen LogP contribution < -0.4 is 5.32 Å². The van der Waals surface area contributed by atoms with Gasteiger partial charge in [0.2, 0.25) is 0 Å². The lowest BCUT2D eigenvalue weighted by Crippen LogP contribution is -2.31. The third-order valence-corrected chi connectivity index (χ3v) is 5.45. The second kappa shape index (κ2) is 7.44. The Bertz CT molecular complexity index is 753. The number of carboxylic acid groups (broad SMARTS) is 1. The molecule has 0 atom stereocenters. The molecule has 1 aliphatic rings. The number of benzene rings is 1. The van der Waals surface area contributed by atoms with Crippen LogP contribution in [-0.2, 0) is 6.54 Å². The number of aromatic carboxylic acids is 1. The largest absolute Gasteiger partial charge is 0.478 e. The highest BCUT2D eigenvalue weighted by Crippen LogP contribution is 2.27. The van der Waals surface area contributed by atoms with Crippen LogP contribution in [-0.4, -0.2) is 21.7 Å². The summed E-state index contributed by atoms with van der Waals surface area (Å²) in [5.74, 6) is -0.841. The highest BCUT2D eigenvalue weighted by atomic mass is 16.4. The van der Waals surface area contributed by atoms with Gasteiger partial charge < -0.3 is 15.0 Å². The van der Waals surface area contributed by atoms with Crippen LogP contribution in [0.1, 0.15) is 65.0 Å². The monoisotopic (exact) mass is 340 g/mol. The van der Waals surface area contributed by atoms with Crippen molar-refractivity contribution in [2.75, 3.05) is 0 Å². The van der Waals surface area contributed by atoms with Crippen molar-refractivity contribution >= 4 is 5.97 Å². The Morgan fingerprint density at radius 3 is 2.32 bits per heavy atom. The molecule has 0 radical (unpaired) electrons. The van der Waals surface area contributed by atoms with E-state index < -0.39 is 5.97 Å². The first kappa shape index (κ1) is 17.7. The average Bonchev–Trinajstić information content (AvgIpc) is 2.85. The molecule has 3 rings (SSSR count). The zero-order chi connectivity index (χ0) is 18.0. The van der Waals surface area contributed by atoms with Crippen LogP contribution in [0, 0.1) is 20.8 Å². The molecule has 0 unspecified atom stereocenters. The van der Waals surface area contributed by atoms with Gasteiger partial charge in [-0.2, -0.15) is 0 Å². The topological polar surface area (TPSA) is 54.3 Å². The molecule has 25 heavy (non-hydrogen) atoms. The molecule has 0 aliphatic heterocycles. The maximum atomic E-state index is 11.9. The summed E-state index contributed by atoms with van der Waals surface area (Å²) >= 11 is 0. The standard InChI is InChI=1S/C21H28N2O2/c1-14-9-11-18(12-10-14)23-15(2)19(20(16(23)3)21(24)25)13-22-17-7-5-4-6-8-17/h9-12,17,22H,4-8,13H2,1-3H3,(H,24,25). The normalized spacial score (nSPS) is 15.5. The minimum atomic E-state index is -0.841. The van der Waals surface area contributed by atoms with Gasteiger partial charge in [0, 0.05) is 35.2 Å². The van der Waals surface area contributed by atoms with Gasteiger partial charge in [-0.15, -0.1) is 0 Å². The first-order valence-electron chi connectivity index (χ1n) is 9.23. The molecule has 134 valence electrons. The van der Waals surface area contributed by atoms with Crippen molar-refractivity contribution in [2.24, 2.45) is 0 Å². The summed E-state index contributed by atoms with van der Waals surface area (Å²) in [7, 11) is 0. The molecule has 0 amide bonds. The van der Waals surface area contributed by atoms with Crippen molar-refractivity contribution in [1.29, 1.82) is 0 Å². The fourth-order valence-electron chi connectivity index (χ4n) is 4.03. The first-order valence-corrected chi connectivity index (χ1v) is 9.23. The van der Waals surface area contributed by atoms with Crippen molar-refractivity contribution in [1.82, 2.24) is 9.88 Å². The summed E-state index contributed by atoms with van der Waals surface area (Å²) in [6.07, 6.45) is 6.25. The Balaban J connectivity index is 1.94. The third kappa shape index (κ3) is 3.64. The van der Waals surface area contributed by atoms with Crippen molar-refractivity contribution < 1.29 is 9.90 Å². The molecule has 4 nitrogen and oxygen atoms in total. The highest BCUT2D eigenvalue weighted by molar-refractivity contribution is 5.91. The molecular weight excluding hydrogens is 312 g/mol. The van der Waals surface area contributed by atoms with Crippen molar-refractivity contribution in [3.8, 4) is 5.69 Å². The lowest BCUT2D eigenvalue weighted by molar-refractivity contribution is 0.0694. The van der Waals surface area contributed by atoms with E-state index in [0.29, 0.717) is 18.2 Å². The number of hydrogen-bond donors (Lipinski definition) is 2. The van der Waals surface area contributed by atoms with Crippen molar-refractivity contribution in [3.63, 3.8) is 0 Å². The van der Waals surface area contributed by atoms with Crippen LogP contribution in [0.25, 0.3) is 5.69 Å². The first-order chi connectivity index (χ1) is 12.0. The summed E-state index contributed by atoms with van der Waals surface area (Å²) in [5, 5.41) is 13.4. The summed E-state index contributed by atoms with van der Waals surface area (Å²) in [6.45, 7) is 6.61. The summed E-state index contributed by atoms with van der Waals surface area (Å²) in [6, 6.07) is 8.75. The summed E-state index contributed by atoms with van der Waals surface area (Å²) in [5.41, 5.74) is 5.39. The van der Waals surface area contributed by atoms with E-state index in [2.05, 4.69) is 41.1 Å². The molecule has 1 aliphatic carbocycles. The second-order valence-electron chi connectivity index (χ2n) is 7.22. The number of aryl methyl sites for hydroxylation is 1. The predicted octanol–water partition coefficient (Wildman–Crippen LogP) is 4.52. The van der Waals surface area contributed by atoms with E-state index in [1.807, 2.05) is 13.8 Å². The number of rotatable bonds is 5. The van der Waals surface area contributed by atoms with E-state index in [1.54, 1.807) is 0 Å². The molecule has 1 heterocycles. The molecule has 0 bridgehead atoms. The van der Waals surface area contributed by atoms with Gasteiger partial charge >= 0.3 is 5.97 Å². The SMILES string of the molecule is Cc1ccc(-n2c(C)c(CNC3CCCCC3)c(C(=O)O)c2C)cc1. The van der Waals surface area contributed by atoms with Gasteiger partial charge in [0.25, 0.3) is 0 Å². The molecule has 4 heteroatoms. The van der Waals surface area contributed by atoms with Gasteiger partial charge in [0.05, 0.1) is 5.56 Å². The Hall–Kier alpha value is -2.07. The zero-order valence-corrected chi connectivity index (χ0v) is 15.4. The number of nitrogens with zero attached hydrogens (tertiary/aromatic N) is 1. The molecule has 1 saturated carbocycles. The van der Waals surface area contributed by atoms with E-state index in [1.165, 1.54) is 37.7 Å². The van der Waals surface area contributed by atoms with Gasteiger partial charge in [-0.1, -0.05) is 37.0 Å². The zero-order valence-electron chi connectivity index (χ0n) is 15.4. The lowest BCUT2D eigenvalue weighted by atomic mass is 9.95. The fraction of sp³-hybridized carbons (Fsp3) is 0.476. The number of aromatic nitrogens is 1. The molecule has 2 N–H and O–H groups in total. The fourth-order valence-corrected chi connectivity index (χ4v) is 4.03. The number of hydrogen-bond acceptors (Lipinski definition) is 2. The number of carboxylic acids is 1. The molecule has 2 aromatic rings. The number of carbonyl (C=O) groups is 1. The van der Waals surface area contributed by atoms with Crippen LogP contribution in [0.15, 0.2) is 24.3 Å². The van der Waals surface area contributed by atoms with Crippen LogP contribution >= 0.6 is 0 Å². The van der Waals surface area contributed by atoms with E-state index >= 15 is 0 Å². The quantitative estimate of drug-likeness (QED) is 0.841. The van der Waals surface area contributed by atoms with Crippen LogP contribution in [0.5, 0.6) is 0 Å². The van der Waals surface area contributed by atoms with Gasteiger partial charge in [-0.25, -0.2) is 4.79 Å². The predicted molar refractivity (Wildman–Crippen MR) is 101 cm³/mol. The molecule has 1 aromatic heterocycles. The van der Waals surface area contributed by atoms with E-state index in [-0.39, 0.29) is 0 Å². The molecule has 1 fully saturated rings. The Labute approximate surface area is 149 Å². The lowest BCUT2D eigenvalue weighted by Gasteiger charge is -2.23.